The number of nitrogens with one attached hydrogen (secondary N) is 3. The fourth-order valence-electron chi connectivity index (χ4n) is 3.03. The molecule has 0 saturated heterocycles. The Kier molecular flexibility index (Phi) is 6.10. The van der Waals surface area contributed by atoms with Crippen molar-refractivity contribution in [1.82, 2.24) is 0 Å². The van der Waals surface area contributed by atoms with E-state index in [0.29, 0.717) is 38.2 Å². The third-order valence-electron chi connectivity index (χ3n) is 4.21. The molecule has 0 saturated carbocycles. The molecule has 1 heterocycles. The molecule has 0 fully saturated rings. The number of aliphatic carboxylic acids is 1. The maximum atomic E-state index is 12.5. The predicted octanol–water partition coefficient (Wildman–Crippen LogP) is 4.24. The van der Waals surface area contributed by atoms with Crippen LogP contribution >= 0.6 is 23.2 Å². The molecule has 29 heavy (non-hydrogen) atoms. The van der Waals surface area contributed by atoms with Gasteiger partial charge in [0.1, 0.15) is 6.04 Å². The molecule has 4 N–H and O–H groups in total. The number of carboxylic acids is 1. The molecule has 3 rings (SSSR count). The van der Waals surface area contributed by atoms with Crippen LogP contribution in [0.5, 0.6) is 0 Å². The molecule has 0 bridgehead atoms. The highest BCUT2D eigenvalue weighted by atomic mass is 35.5. The smallest absolute Gasteiger partial charge is 0.326 e. The Morgan fingerprint density at radius 2 is 1.72 bits per heavy atom. The third-order valence-corrected chi connectivity index (χ3v) is 4.72. The molecule has 1 unspecified atom stereocenters. The van der Waals surface area contributed by atoms with Gasteiger partial charge in [0.15, 0.2) is 0 Å². The average Bonchev–Trinajstić information content (AvgIpc) is 2.61. The number of hydrogen-bond donors (Lipinski definition) is 4. The number of rotatable bonds is 4. The minimum Gasteiger partial charge on any atom is -0.480 e. The van der Waals surface area contributed by atoms with Crippen LogP contribution in [0.3, 0.4) is 0 Å². The van der Waals surface area contributed by atoms with E-state index in [1.807, 2.05) is 0 Å². The maximum absolute atomic E-state index is 12.5. The summed E-state index contributed by atoms with van der Waals surface area (Å²) in [5.41, 5.74) is 2.62. The summed E-state index contributed by atoms with van der Waals surface area (Å²) >= 11 is 12.3. The number of carboxylic acid groups (broad SMARTS) is 1. The van der Waals surface area contributed by atoms with Gasteiger partial charge < -0.3 is 21.1 Å². The first-order valence-electron chi connectivity index (χ1n) is 8.61. The van der Waals surface area contributed by atoms with Crippen LogP contribution in [-0.2, 0) is 14.4 Å². The van der Waals surface area contributed by atoms with Crippen LogP contribution in [0.25, 0.3) is 5.57 Å². The predicted molar refractivity (Wildman–Crippen MR) is 113 cm³/mol. The van der Waals surface area contributed by atoms with Crippen molar-refractivity contribution in [3.63, 3.8) is 0 Å². The molecule has 7 nitrogen and oxygen atoms in total. The summed E-state index contributed by atoms with van der Waals surface area (Å²) in [5, 5.41) is 18.3. The minimum atomic E-state index is -1.05. The van der Waals surface area contributed by atoms with Crippen molar-refractivity contribution in [3.8, 4) is 0 Å². The van der Waals surface area contributed by atoms with Crippen molar-refractivity contribution < 1.29 is 19.5 Å². The van der Waals surface area contributed by atoms with Crippen LogP contribution in [0, 0.1) is 0 Å². The van der Waals surface area contributed by atoms with E-state index in [4.69, 9.17) is 23.2 Å². The summed E-state index contributed by atoms with van der Waals surface area (Å²) in [5.74, 6) is -1.68. The van der Waals surface area contributed by atoms with Crippen LogP contribution in [0.15, 0.2) is 42.5 Å². The lowest BCUT2D eigenvalue weighted by molar-refractivity contribution is -0.137. The van der Waals surface area contributed by atoms with E-state index >= 15 is 0 Å². The molecule has 0 aromatic heterocycles. The summed E-state index contributed by atoms with van der Waals surface area (Å²) in [6, 6.07) is 8.80. The molecule has 9 heteroatoms. The van der Waals surface area contributed by atoms with Crippen molar-refractivity contribution in [2.75, 3.05) is 16.0 Å². The van der Waals surface area contributed by atoms with E-state index in [0.717, 1.165) is 0 Å². The van der Waals surface area contributed by atoms with Crippen molar-refractivity contribution in [1.29, 1.82) is 0 Å². The molecule has 1 aliphatic heterocycles. The largest absolute Gasteiger partial charge is 0.480 e. The zero-order chi connectivity index (χ0) is 21.1. The van der Waals surface area contributed by atoms with Gasteiger partial charge in [-0.1, -0.05) is 23.2 Å². The van der Waals surface area contributed by atoms with Crippen molar-refractivity contribution >= 4 is 63.6 Å². The van der Waals surface area contributed by atoms with Gasteiger partial charge in [0, 0.05) is 47.1 Å². The number of fused-ring (bicyclic) bond motifs is 1. The fourth-order valence-corrected chi connectivity index (χ4v) is 3.65. The van der Waals surface area contributed by atoms with Gasteiger partial charge in [0.25, 0.3) is 0 Å². The lowest BCUT2D eigenvalue weighted by Crippen LogP contribution is -2.33. The summed E-state index contributed by atoms with van der Waals surface area (Å²) in [7, 11) is 0. The van der Waals surface area contributed by atoms with Gasteiger partial charge in [-0.3, -0.25) is 9.59 Å². The summed E-state index contributed by atoms with van der Waals surface area (Å²) in [6.07, 6.45) is 1.41. The highest BCUT2D eigenvalue weighted by Crippen LogP contribution is 2.40. The first-order valence-corrected chi connectivity index (χ1v) is 9.36. The minimum absolute atomic E-state index is 0.0819. The molecule has 2 amide bonds. The van der Waals surface area contributed by atoms with Crippen LogP contribution < -0.4 is 16.0 Å². The Morgan fingerprint density at radius 1 is 1.10 bits per heavy atom. The zero-order valence-electron chi connectivity index (χ0n) is 15.3. The fraction of sp³-hybridized carbons (Fsp3) is 0.150. The normalized spacial score (nSPS) is 16.5. The molecular weight excluding hydrogens is 417 g/mol. The topological polar surface area (TPSA) is 108 Å². The Labute approximate surface area is 176 Å². The van der Waals surface area contributed by atoms with E-state index in [9.17, 15) is 19.5 Å². The van der Waals surface area contributed by atoms with Gasteiger partial charge in [0.05, 0.1) is 5.02 Å². The molecule has 1 aliphatic rings. The number of carbonyl (C=O) groups is 3. The van der Waals surface area contributed by atoms with Gasteiger partial charge >= 0.3 is 5.97 Å². The first kappa shape index (κ1) is 20.7. The third kappa shape index (κ3) is 5.07. The van der Waals surface area contributed by atoms with Crippen molar-refractivity contribution in [2.45, 2.75) is 19.4 Å². The van der Waals surface area contributed by atoms with Crippen molar-refractivity contribution in [3.05, 3.63) is 58.1 Å². The molecule has 0 radical (unpaired) electrons. The number of halogens is 2. The first-order chi connectivity index (χ1) is 13.7. The standard InChI is InChI=1S/C20H17Cl2N3O4/c1-10(26)23-13-2-4-14(5-3-13)24-18(27)7-11-6-17(20(28)29)25-16-9-12(21)8-15(22)19(11)16/h2-5,7-9,17,25H,6H2,1H3,(H,23,26)(H,24,27)(H,28,29)/b11-7+. The van der Waals surface area contributed by atoms with E-state index < -0.39 is 17.9 Å². The van der Waals surface area contributed by atoms with Crippen LogP contribution in [0.4, 0.5) is 17.1 Å². The Bertz CT molecular complexity index is 1020. The molecule has 1 atom stereocenters. The molecule has 0 aliphatic carbocycles. The number of hydrogen-bond acceptors (Lipinski definition) is 4. The SMILES string of the molecule is CC(=O)Nc1ccc(NC(=O)/C=C2\CC(C(=O)O)Nc3cc(Cl)cc(Cl)c32)cc1. The quantitative estimate of drug-likeness (QED) is 0.539. The van der Waals surface area contributed by atoms with Crippen LogP contribution in [-0.4, -0.2) is 28.9 Å². The van der Waals surface area contributed by atoms with E-state index in [1.165, 1.54) is 19.1 Å². The molecule has 2 aromatic carbocycles. The monoisotopic (exact) mass is 433 g/mol. The Morgan fingerprint density at radius 3 is 2.31 bits per heavy atom. The summed E-state index contributed by atoms with van der Waals surface area (Å²) in [6.45, 7) is 1.40. The second-order valence-corrected chi connectivity index (χ2v) is 7.31. The maximum Gasteiger partial charge on any atom is 0.326 e. The summed E-state index contributed by atoms with van der Waals surface area (Å²) in [4.78, 5) is 35.1. The van der Waals surface area contributed by atoms with E-state index in [-0.39, 0.29) is 12.3 Å². The second-order valence-electron chi connectivity index (χ2n) is 6.47. The second kappa shape index (κ2) is 8.55. The summed E-state index contributed by atoms with van der Waals surface area (Å²) < 4.78 is 0. The van der Waals surface area contributed by atoms with E-state index in [1.54, 1.807) is 30.3 Å². The van der Waals surface area contributed by atoms with Gasteiger partial charge in [-0.15, -0.1) is 0 Å². The van der Waals surface area contributed by atoms with Gasteiger partial charge in [-0.2, -0.15) is 0 Å². The number of benzene rings is 2. The molecule has 0 spiro atoms. The van der Waals surface area contributed by atoms with Crippen LogP contribution in [0.1, 0.15) is 18.9 Å². The number of anilines is 3. The van der Waals surface area contributed by atoms with Crippen molar-refractivity contribution in [2.24, 2.45) is 0 Å². The lowest BCUT2D eigenvalue weighted by Gasteiger charge is -2.27. The highest BCUT2D eigenvalue weighted by molar-refractivity contribution is 6.36. The molecular formula is C20H17Cl2N3O4. The lowest BCUT2D eigenvalue weighted by atomic mass is 9.92. The highest BCUT2D eigenvalue weighted by Gasteiger charge is 2.29. The molecule has 2 aromatic rings. The number of amides is 2. The Hall–Kier alpha value is -3.03. The van der Waals surface area contributed by atoms with Gasteiger partial charge in [0.2, 0.25) is 11.8 Å². The average molecular weight is 434 g/mol. The Balaban J connectivity index is 1.85. The van der Waals surface area contributed by atoms with Crippen LogP contribution in [0.2, 0.25) is 10.0 Å². The number of carbonyl (C=O) groups excluding carboxylic acids is 2. The zero-order valence-corrected chi connectivity index (χ0v) is 16.8. The van der Waals surface area contributed by atoms with E-state index in [2.05, 4.69) is 16.0 Å². The van der Waals surface area contributed by atoms with Gasteiger partial charge in [-0.05, 0) is 42.0 Å². The molecule has 150 valence electrons. The van der Waals surface area contributed by atoms with Gasteiger partial charge in [-0.25, -0.2) is 4.79 Å².